The molecule has 0 aliphatic rings. The van der Waals surface area contributed by atoms with Gasteiger partial charge in [0.2, 0.25) is 0 Å². The van der Waals surface area contributed by atoms with E-state index in [0.717, 1.165) is 6.54 Å². The van der Waals surface area contributed by atoms with Gasteiger partial charge in [0.15, 0.2) is 0 Å². The highest BCUT2D eigenvalue weighted by Gasteiger charge is 2.29. The summed E-state index contributed by atoms with van der Waals surface area (Å²) in [5, 5.41) is 0. The van der Waals surface area contributed by atoms with Gasteiger partial charge in [-0.1, -0.05) is 29.8 Å². The molecule has 1 rings (SSSR count). The topological polar surface area (TPSA) is 29.5 Å². The summed E-state index contributed by atoms with van der Waals surface area (Å²) in [6.07, 6.45) is 0. The van der Waals surface area contributed by atoms with Crippen LogP contribution >= 0.6 is 0 Å². The van der Waals surface area contributed by atoms with Gasteiger partial charge in [0.05, 0.1) is 12.5 Å². The van der Waals surface area contributed by atoms with Crippen LogP contribution in [0, 0.1) is 12.3 Å². The summed E-state index contributed by atoms with van der Waals surface area (Å²) in [7, 11) is 3.46. The van der Waals surface area contributed by atoms with Gasteiger partial charge in [0.1, 0.15) is 0 Å². The number of hydrogen-bond acceptors (Lipinski definition) is 3. The Morgan fingerprint density at radius 2 is 2.06 bits per heavy atom. The summed E-state index contributed by atoms with van der Waals surface area (Å²) in [4.78, 5) is 13.8. The van der Waals surface area contributed by atoms with E-state index in [9.17, 15) is 4.79 Å². The molecule has 0 amide bonds. The second-order valence-electron chi connectivity index (χ2n) is 5.54. The molecule has 18 heavy (non-hydrogen) atoms. The first-order valence-electron chi connectivity index (χ1n) is 6.17. The number of carbonyl (C=O) groups excluding carboxylic acids is 1. The number of hydrogen-bond donors (Lipinski definition) is 0. The number of esters is 1. The maximum Gasteiger partial charge on any atom is 0.312 e. The lowest BCUT2D eigenvalue weighted by Crippen LogP contribution is -2.37. The zero-order valence-electron chi connectivity index (χ0n) is 12.0. The number of benzene rings is 1. The van der Waals surface area contributed by atoms with Crippen molar-refractivity contribution in [1.82, 2.24) is 4.90 Å². The molecular weight excluding hydrogens is 226 g/mol. The number of rotatable bonds is 5. The molecule has 100 valence electrons. The van der Waals surface area contributed by atoms with Crippen molar-refractivity contribution in [1.29, 1.82) is 0 Å². The maximum absolute atomic E-state index is 11.6. The molecule has 1 aromatic rings. The van der Waals surface area contributed by atoms with Crippen molar-refractivity contribution in [2.75, 3.05) is 20.7 Å². The molecule has 0 N–H and O–H groups in total. The predicted molar refractivity (Wildman–Crippen MR) is 73.3 cm³/mol. The van der Waals surface area contributed by atoms with Crippen molar-refractivity contribution >= 4 is 5.97 Å². The van der Waals surface area contributed by atoms with Crippen molar-refractivity contribution in [3.63, 3.8) is 0 Å². The number of carbonyl (C=O) groups is 1. The van der Waals surface area contributed by atoms with Crippen molar-refractivity contribution in [2.45, 2.75) is 27.3 Å². The largest absolute Gasteiger partial charge is 0.469 e. The summed E-state index contributed by atoms with van der Waals surface area (Å²) in [6.45, 7) is 7.41. The van der Waals surface area contributed by atoms with Gasteiger partial charge in [-0.05, 0) is 33.4 Å². The summed E-state index contributed by atoms with van der Waals surface area (Å²) >= 11 is 0. The molecule has 0 heterocycles. The summed E-state index contributed by atoms with van der Waals surface area (Å²) in [6, 6.07) is 8.42. The molecule has 0 unspecified atom stereocenters. The van der Waals surface area contributed by atoms with E-state index in [1.54, 1.807) is 0 Å². The maximum atomic E-state index is 11.6. The summed E-state index contributed by atoms with van der Waals surface area (Å²) in [5.74, 6) is -0.168. The van der Waals surface area contributed by atoms with E-state index in [1.807, 2.05) is 20.9 Å². The fraction of sp³-hybridized carbons (Fsp3) is 0.533. The Morgan fingerprint density at radius 1 is 1.39 bits per heavy atom. The summed E-state index contributed by atoms with van der Waals surface area (Å²) < 4.78 is 4.82. The molecule has 1 aromatic carbocycles. The number of methoxy groups -OCH3 is 1. The Morgan fingerprint density at radius 3 is 2.61 bits per heavy atom. The molecule has 0 radical (unpaired) electrons. The Bertz CT molecular complexity index is 413. The lowest BCUT2D eigenvalue weighted by Gasteiger charge is -2.27. The third-order valence-electron chi connectivity index (χ3n) is 2.94. The molecule has 3 heteroatoms. The molecule has 0 spiro atoms. The predicted octanol–water partition coefficient (Wildman–Crippen LogP) is 2.63. The van der Waals surface area contributed by atoms with E-state index in [1.165, 1.54) is 18.2 Å². The van der Waals surface area contributed by atoms with Gasteiger partial charge in [-0.25, -0.2) is 0 Å². The van der Waals surface area contributed by atoms with Crippen LogP contribution in [0.25, 0.3) is 0 Å². The number of nitrogens with zero attached hydrogens (tertiary/aromatic N) is 1. The van der Waals surface area contributed by atoms with E-state index in [4.69, 9.17) is 4.74 Å². The fourth-order valence-electron chi connectivity index (χ4n) is 2.19. The van der Waals surface area contributed by atoms with Crippen molar-refractivity contribution in [3.8, 4) is 0 Å². The molecule has 0 saturated heterocycles. The van der Waals surface area contributed by atoms with E-state index < -0.39 is 5.41 Å². The Hall–Kier alpha value is -1.35. The molecule has 0 aliphatic heterocycles. The van der Waals surface area contributed by atoms with Gasteiger partial charge >= 0.3 is 5.97 Å². The summed E-state index contributed by atoms with van der Waals surface area (Å²) in [5.41, 5.74) is 2.04. The average molecular weight is 249 g/mol. The minimum atomic E-state index is -0.479. The van der Waals surface area contributed by atoms with Gasteiger partial charge in [0, 0.05) is 13.1 Å². The molecule has 0 atom stereocenters. The van der Waals surface area contributed by atoms with Crippen LogP contribution in [0.4, 0.5) is 0 Å². The van der Waals surface area contributed by atoms with Crippen molar-refractivity contribution < 1.29 is 9.53 Å². The highest BCUT2D eigenvalue weighted by molar-refractivity contribution is 5.76. The van der Waals surface area contributed by atoms with Crippen LogP contribution in [0.5, 0.6) is 0 Å². The van der Waals surface area contributed by atoms with Crippen LogP contribution in [0.15, 0.2) is 24.3 Å². The molecule has 0 bridgehead atoms. The Kier molecular flexibility index (Phi) is 4.91. The van der Waals surface area contributed by atoms with Crippen molar-refractivity contribution in [3.05, 3.63) is 35.4 Å². The number of ether oxygens (including phenoxy) is 1. The highest BCUT2D eigenvalue weighted by Crippen LogP contribution is 2.19. The molecule has 0 aromatic heterocycles. The van der Waals surface area contributed by atoms with Crippen LogP contribution in [-0.2, 0) is 16.1 Å². The lowest BCUT2D eigenvalue weighted by molar-refractivity contribution is -0.151. The van der Waals surface area contributed by atoms with Gasteiger partial charge in [-0.15, -0.1) is 0 Å². The van der Waals surface area contributed by atoms with Gasteiger partial charge < -0.3 is 9.64 Å². The quantitative estimate of drug-likeness (QED) is 0.751. The lowest BCUT2D eigenvalue weighted by atomic mass is 9.93. The molecule has 0 saturated carbocycles. The molecule has 0 aliphatic carbocycles. The smallest absolute Gasteiger partial charge is 0.312 e. The minimum Gasteiger partial charge on any atom is -0.469 e. The van der Waals surface area contributed by atoms with Gasteiger partial charge in [0.25, 0.3) is 0 Å². The number of aryl methyl sites for hydroxylation is 1. The highest BCUT2D eigenvalue weighted by atomic mass is 16.5. The SMILES string of the molecule is COC(=O)C(C)(C)CN(C)Cc1cccc(C)c1. The third-order valence-corrected chi connectivity index (χ3v) is 2.94. The first-order valence-corrected chi connectivity index (χ1v) is 6.17. The molecule has 3 nitrogen and oxygen atoms in total. The van der Waals surface area contributed by atoms with E-state index >= 15 is 0 Å². The zero-order chi connectivity index (χ0) is 13.8. The zero-order valence-corrected chi connectivity index (χ0v) is 12.0. The third kappa shape index (κ3) is 4.15. The first kappa shape index (κ1) is 14.7. The second-order valence-corrected chi connectivity index (χ2v) is 5.54. The van der Waals surface area contributed by atoms with Crippen LogP contribution < -0.4 is 0 Å². The first-order chi connectivity index (χ1) is 8.35. The minimum absolute atomic E-state index is 0.168. The van der Waals surface area contributed by atoms with Gasteiger partial charge in [-0.3, -0.25) is 4.79 Å². The monoisotopic (exact) mass is 249 g/mol. The Balaban J connectivity index is 2.61. The van der Waals surface area contributed by atoms with Gasteiger partial charge in [-0.2, -0.15) is 0 Å². The van der Waals surface area contributed by atoms with Crippen LogP contribution in [0.2, 0.25) is 0 Å². The van der Waals surface area contributed by atoms with Crippen LogP contribution in [-0.4, -0.2) is 31.6 Å². The molecular formula is C15H23NO2. The van der Waals surface area contributed by atoms with Crippen LogP contribution in [0.3, 0.4) is 0 Å². The van der Waals surface area contributed by atoms with E-state index in [0.29, 0.717) is 6.54 Å². The van der Waals surface area contributed by atoms with Crippen molar-refractivity contribution in [2.24, 2.45) is 5.41 Å². The molecule has 0 fully saturated rings. The van der Waals surface area contributed by atoms with Crippen LogP contribution in [0.1, 0.15) is 25.0 Å². The average Bonchev–Trinajstić information content (AvgIpc) is 2.26. The fourth-order valence-corrected chi connectivity index (χ4v) is 2.19. The second kappa shape index (κ2) is 6.01. The Labute approximate surface area is 110 Å². The standard InChI is InChI=1S/C15H23NO2/c1-12-7-6-8-13(9-12)10-16(4)11-15(2,3)14(17)18-5/h6-9H,10-11H2,1-5H3. The van der Waals surface area contributed by atoms with E-state index in [2.05, 4.69) is 36.1 Å². The normalized spacial score (nSPS) is 11.7. The van der Waals surface area contributed by atoms with E-state index in [-0.39, 0.29) is 5.97 Å².